The van der Waals surface area contributed by atoms with Crippen molar-refractivity contribution < 1.29 is 24.2 Å². The number of benzene rings is 2. The van der Waals surface area contributed by atoms with Gasteiger partial charge in [0.1, 0.15) is 11.8 Å². The second-order valence-corrected chi connectivity index (χ2v) is 9.52. The molecule has 0 saturated heterocycles. The summed E-state index contributed by atoms with van der Waals surface area (Å²) in [4.78, 5) is 36.4. The molecule has 0 heterocycles. The highest BCUT2D eigenvalue weighted by Gasteiger charge is 2.31. The molecule has 0 unspecified atom stereocenters. The van der Waals surface area contributed by atoms with Gasteiger partial charge in [-0.15, -0.1) is 0 Å². The number of carboxylic acids is 1. The van der Waals surface area contributed by atoms with Crippen LogP contribution in [0.2, 0.25) is 0 Å². The van der Waals surface area contributed by atoms with Crippen molar-refractivity contribution >= 4 is 29.3 Å². The predicted molar refractivity (Wildman–Crippen MR) is 136 cm³/mol. The fraction of sp³-hybridized carbons (Fsp3) is 0.444. The van der Waals surface area contributed by atoms with E-state index in [-0.39, 0.29) is 23.8 Å². The molecule has 188 valence electrons. The molecule has 1 fully saturated rings. The highest BCUT2D eigenvalue weighted by atomic mass is 16.5. The van der Waals surface area contributed by atoms with Crippen molar-refractivity contribution in [3.8, 4) is 5.75 Å². The third kappa shape index (κ3) is 6.97. The fourth-order valence-corrected chi connectivity index (χ4v) is 4.52. The highest BCUT2D eigenvalue weighted by molar-refractivity contribution is 6.00. The summed E-state index contributed by atoms with van der Waals surface area (Å²) in [6, 6.07) is 12.1. The molecule has 1 atom stereocenters. The van der Waals surface area contributed by atoms with Crippen molar-refractivity contribution in [1.29, 1.82) is 0 Å². The first kappa shape index (κ1) is 26.1. The van der Waals surface area contributed by atoms with Crippen LogP contribution in [-0.2, 0) is 9.59 Å². The number of amides is 3. The molecule has 0 aromatic heterocycles. The number of aliphatic carboxylic acids is 1. The second-order valence-electron chi connectivity index (χ2n) is 9.52. The quantitative estimate of drug-likeness (QED) is 0.416. The maximum absolute atomic E-state index is 12.6. The first-order valence-corrected chi connectivity index (χ1v) is 12.0. The Kier molecular flexibility index (Phi) is 8.73. The number of rotatable bonds is 8. The van der Waals surface area contributed by atoms with Crippen LogP contribution in [0, 0.1) is 18.8 Å². The Morgan fingerprint density at radius 1 is 0.971 bits per heavy atom. The lowest BCUT2D eigenvalue weighted by Gasteiger charge is -2.29. The Bertz CT molecular complexity index is 1040. The lowest BCUT2D eigenvalue weighted by molar-refractivity contribution is -0.144. The van der Waals surface area contributed by atoms with Crippen LogP contribution in [0.1, 0.15) is 56.6 Å². The average Bonchev–Trinajstić information content (AvgIpc) is 2.82. The van der Waals surface area contributed by atoms with Crippen LogP contribution in [-0.4, -0.2) is 36.2 Å². The number of carbonyl (C=O) groups is 3. The van der Waals surface area contributed by atoms with Gasteiger partial charge in [-0.2, -0.15) is 0 Å². The van der Waals surface area contributed by atoms with Crippen molar-refractivity contribution in [2.24, 2.45) is 11.8 Å². The summed E-state index contributed by atoms with van der Waals surface area (Å²) >= 11 is 0. The molecule has 4 N–H and O–H groups in total. The molecule has 3 rings (SSSR count). The second kappa shape index (κ2) is 11.7. The topological polar surface area (TPSA) is 117 Å². The van der Waals surface area contributed by atoms with E-state index in [4.69, 9.17) is 4.74 Å². The smallest absolute Gasteiger partial charge is 0.326 e. The van der Waals surface area contributed by atoms with E-state index in [1.54, 1.807) is 21.0 Å². The van der Waals surface area contributed by atoms with Crippen LogP contribution < -0.4 is 20.7 Å². The van der Waals surface area contributed by atoms with Gasteiger partial charge in [-0.1, -0.05) is 32.0 Å². The first-order valence-electron chi connectivity index (χ1n) is 12.0. The molecule has 8 nitrogen and oxygen atoms in total. The molecule has 0 bridgehead atoms. The number of carbonyl (C=O) groups excluding carboxylic acids is 2. The van der Waals surface area contributed by atoms with Gasteiger partial charge < -0.3 is 25.8 Å². The maximum atomic E-state index is 12.6. The van der Waals surface area contributed by atoms with Gasteiger partial charge in [-0.05, 0) is 79.8 Å². The van der Waals surface area contributed by atoms with Crippen molar-refractivity contribution in [1.82, 2.24) is 5.32 Å². The molecule has 0 aliphatic heterocycles. The number of aryl methyl sites for hydroxylation is 1. The van der Waals surface area contributed by atoms with Crippen molar-refractivity contribution in [3.63, 3.8) is 0 Å². The largest absolute Gasteiger partial charge is 0.495 e. The van der Waals surface area contributed by atoms with E-state index in [0.29, 0.717) is 23.0 Å². The van der Waals surface area contributed by atoms with Crippen LogP contribution in [0.3, 0.4) is 0 Å². The van der Waals surface area contributed by atoms with Crippen LogP contribution in [0.25, 0.3) is 0 Å². The summed E-state index contributed by atoms with van der Waals surface area (Å²) in [5.41, 5.74) is 3.46. The lowest BCUT2D eigenvalue weighted by Crippen LogP contribution is -2.47. The van der Waals surface area contributed by atoms with Gasteiger partial charge >= 0.3 is 12.0 Å². The van der Waals surface area contributed by atoms with Gasteiger partial charge in [0.15, 0.2) is 0 Å². The summed E-state index contributed by atoms with van der Waals surface area (Å²) < 4.78 is 5.30. The number of hydrogen-bond donors (Lipinski definition) is 4. The van der Waals surface area contributed by atoms with Crippen molar-refractivity contribution in [3.05, 3.63) is 53.6 Å². The molecule has 2 aromatic rings. The number of anilines is 2. The van der Waals surface area contributed by atoms with Gasteiger partial charge in [-0.25, -0.2) is 9.59 Å². The molecule has 35 heavy (non-hydrogen) atoms. The van der Waals surface area contributed by atoms with E-state index in [1.807, 2.05) is 49.4 Å². The van der Waals surface area contributed by atoms with Gasteiger partial charge in [0.2, 0.25) is 5.91 Å². The van der Waals surface area contributed by atoms with E-state index >= 15 is 0 Å². The van der Waals surface area contributed by atoms with Crippen molar-refractivity contribution in [2.75, 3.05) is 17.7 Å². The van der Waals surface area contributed by atoms with Gasteiger partial charge in [0.25, 0.3) is 0 Å². The highest BCUT2D eigenvalue weighted by Crippen LogP contribution is 2.36. The number of methoxy groups -OCH3 is 1. The number of urea groups is 1. The summed E-state index contributed by atoms with van der Waals surface area (Å²) in [5, 5.41) is 17.7. The summed E-state index contributed by atoms with van der Waals surface area (Å²) in [7, 11) is 1.56. The van der Waals surface area contributed by atoms with E-state index < -0.39 is 12.0 Å². The molecule has 0 spiro atoms. The average molecular weight is 482 g/mol. The molecule has 1 aliphatic carbocycles. The number of carboxylic acid groups (broad SMARTS) is 1. The van der Waals surface area contributed by atoms with Crippen LogP contribution in [0.5, 0.6) is 5.75 Å². The monoisotopic (exact) mass is 481 g/mol. The molecular formula is C27H35N3O5. The third-order valence-electron chi connectivity index (χ3n) is 6.57. The SMILES string of the molecule is COc1ccc(C)cc1NC(=O)Nc1ccc(C2CCC(C(=O)N[C@H](C(=O)O)C(C)C)CC2)cc1. The van der Waals surface area contributed by atoms with Crippen LogP contribution in [0.15, 0.2) is 42.5 Å². The normalized spacial score (nSPS) is 18.4. The van der Waals surface area contributed by atoms with Crippen molar-refractivity contribution in [2.45, 2.75) is 58.4 Å². The minimum absolute atomic E-state index is 0.157. The van der Waals surface area contributed by atoms with E-state index in [0.717, 1.165) is 31.2 Å². The van der Waals surface area contributed by atoms with Gasteiger partial charge in [0.05, 0.1) is 12.8 Å². The summed E-state index contributed by atoms with van der Waals surface area (Å²) in [5.74, 6) is -0.564. The zero-order valence-electron chi connectivity index (χ0n) is 20.8. The zero-order chi connectivity index (χ0) is 25.5. The molecular weight excluding hydrogens is 446 g/mol. The Labute approximate surface area is 206 Å². The van der Waals surface area contributed by atoms with Gasteiger partial charge in [-0.3, -0.25) is 4.79 Å². The predicted octanol–water partition coefficient (Wildman–Crippen LogP) is 5.15. The Morgan fingerprint density at radius 2 is 1.63 bits per heavy atom. The molecule has 1 saturated carbocycles. The minimum Gasteiger partial charge on any atom is -0.495 e. The van der Waals surface area contributed by atoms with E-state index in [9.17, 15) is 19.5 Å². The van der Waals surface area contributed by atoms with E-state index in [2.05, 4.69) is 16.0 Å². The number of ether oxygens (including phenoxy) is 1. The van der Waals surface area contributed by atoms with E-state index in [1.165, 1.54) is 5.56 Å². The molecule has 0 radical (unpaired) electrons. The standard InChI is InChI=1S/C27H35N3O5/c1-16(2)24(26(32)33)30-25(31)20-8-6-18(7-9-20)19-10-12-21(13-11-19)28-27(34)29-22-15-17(3)5-14-23(22)35-4/h5,10-16,18,20,24H,6-9H2,1-4H3,(H,30,31)(H,32,33)(H2,28,29,34)/t18?,20?,24-/m0/s1. The Hall–Kier alpha value is -3.55. The molecule has 3 amide bonds. The fourth-order valence-electron chi connectivity index (χ4n) is 4.52. The Morgan fingerprint density at radius 3 is 2.20 bits per heavy atom. The number of hydrogen-bond acceptors (Lipinski definition) is 4. The zero-order valence-corrected chi connectivity index (χ0v) is 20.8. The maximum Gasteiger partial charge on any atom is 0.326 e. The minimum atomic E-state index is -0.998. The van der Waals surface area contributed by atoms with Crippen LogP contribution >= 0.6 is 0 Å². The van der Waals surface area contributed by atoms with Gasteiger partial charge in [0, 0.05) is 11.6 Å². The molecule has 8 heteroatoms. The van der Waals surface area contributed by atoms with Crippen LogP contribution in [0.4, 0.5) is 16.2 Å². The third-order valence-corrected chi connectivity index (χ3v) is 6.57. The Balaban J connectivity index is 1.52. The molecule has 2 aromatic carbocycles. The number of nitrogens with one attached hydrogen (secondary N) is 3. The lowest BCUT2D eigenvalue weighted by atomic mass is 9.78. The summed E-state index contributed by atoms with van der Waals surface area (Å²) in [6.07, 6.45) is 3.17. The first-order chi connectivity index (χ1) is 16.7. The summed E-state index contributed by atoms with van der Waals surface area (Å²) in [6.45, 7) is 5.52. The molecule has 1 aliphatic rings.